The molecule has 88 heavy (non-hydrogen) atoms. The molecule has 0 spiro atoms. The summed E-state index contributed by atoms with van der Waals surface area (Å²) in [5, 5.41) is 17.2. The van der Waals surface area contributed by atoms with E-state index in [1.165, 1.54) is 176 Å². The molecule has 0 N–H and O–H groups in total. The van der Waals surface area contributed by atoms with Crippen molar-refractivity contribution in [2.24, 2.45) is 0 Å². The summed E-state index contributed by atoms with van der Waals surface area (Å²) >= 11 is 0. The highest BCUT2D eigenvalue weighted by Gasteiger charge is 2.20. The van der Waals surface area contributed by atoms with Crippen LogP contribution in [0.15, 0.2) is 340 Å². The van der Waals surface area contributed by atoms with Crippen molar-refractivity contribution in [3.8, 4) is 100 Å². The van der Waals surface area contributed by atoms with Gasteiger partial charge in [0.1, 0.15) is 0 Å². The van der Waals surface area contributed by atoms with Gasteiger partial charge in [-0.15, -0.1) is 0 Å². The second-order valence-corrected chi connectivity index (χ2v) is 23.5. The van der Waals surface area contributed by atoms with Gasteiger partial charge < -0.3 is 0 Å². The Morgan fingerprint density at radius 3 is 0.864 bits per heavy atom. The van der Waals surface area contributed by atoms with Crippen molar-refractivity contribution in [1.82, 2.24) is 0 Å². The van der Waals surface area contributed by atoms with Gasteiger partial charge in [0, 0.05) is 0 Å². The number of rotatable bonds is 9. The summed E-state index contributed by atoms with van der Waals surface area (Å²) in [6, 6.07) is 127. The zero-order valence-corrected chi connectivity index (χ0v) is 48.3. The van der Waals surface area contributed by atoms with E-state index in [9.17, 15) is 0 Å². The van der Waals surface area contributed by atoms with Crippen LogP contribution in [0.5, 0.6) is 0 Å². The second-order valence-electron chi connectivity index (χ2n) is 23.5. The topological polar surface area (TPSA) is 0 Å². The Labute approximate surface area is 512 Å². The van der Waals surface area contributed by atoms with E-state index in [4.69, 9.17) is 0 Å². The van der Waals surface area contributed by atoms with E-state index in [2.05, 4.69) is 340 Å². The Morgan fingerprint density at radius 2 is 0.386 bits per heavy atom. The zero-order chi connectivity index (χ0) is 58.1. The lowest BCUT2D eigenvalue weighted by molar-refractivity contribution is 1.59. The molecule has 0 atom stereocenters. The van der Waals surface area contributed by atoms with Crippen LogP contribution in [0, 0.1) is 0 Å². The lowest BCUT2D eigenvalue weighted by Crippen LogP contribution is -1.92. The van der Waals surface area contributed by atoms with Gasteiger partial charge in [0.05, 0.1) is 0 Å². The number of fused-ring (bicyclic) bond motifs is 11. The van der Waals surface area contributed by atoms with Crippen LogP contribution < -0.4 is 0 Å². The summed E-state index contributed by atoms with van der Waals surface area (Å²) in [4.78, 5) is 0. The molecule has 0 unspecified atom stereocenters. The molecule has 0 aromatic heterocycles. The van der Waals surface area contributed by atoms with Crippen molar-refractivity contribution in [3.05, 3.63) is 340 Å². The van der Waals surface area contributed by atoms with Crippen LogP contribution in [0.2, 0.25) is 0 Å². The molecule has 0 radical (unpaired) electrons. The van der Waals surface area contributed by atoms with E-state index in [0.717, 1.165) is 0 Å². The first-order chi connectivity index (χ1) is 43.6. The van der Waals surface area contributed by atoms with Crippen LogP contribution in [0.1, 0.15) is 0 Å². The Morgan fingerprint density at radius 1 is 0.114 bits per heavy atom. The third-order valence-corrected chi connectivity index (χ3v) is 18.4. The summed E-state index contributed by atoms with van der Waals surface area (Å²) in [5.41, 5.74) is 21.5. The zero-order valence-electron chi connectivity index (χ0n) is 48.3. The molecule has 0 saturated heterocycles. The van der Waals surface area contributed by atoms with Gasteiger partial charge in [-0.25, -0.2) is 0 Å². The maximum absolute atomic E-state index is 2.48. The van der Waals surface area contributed by atoms with Crippen LogP contribution in [-0.4, -0.2) is 0 Å². The molecule has 0 heterocycles. The van der Waals surface area contributed by atoms with Crippen LogP contribution in [0.4, 0.5) is 0 Å². The first-order valence-electron chi connectivity index (χ1n) is 30.5. The minimum Gasteiger partial charge on any atom is -0.0622 e. The standard InChI is InChI=1S/C88H56/c1-4-17-57(18-5-1)60-31-35-62(36-32-60)67-40-43-76-73(48-67)54-85(82-29-14-12-27-80(76)82)70-51-71(86-55-74-50-69(41-44-77(74)81-28-13-15-30-83(81)86)66-25-16-24-65(47-66)59-21-8-3-9-22-59)53-72(52-70)87-56-75-49-68(63-37-33-61(34-38-63)58-19-6-2-7-20-58)42-45-79(75)88-78-26-11-10-23-64(78)39-46-84(87)88/h1-56H. The molecule has 0 aliphatic rings. The molecule has 0 nitrogen and oxygen atoms in total. The summed E-state index contributed by atoms with van der Waals surface area (Å²) in [7, 11) is 0. The maximum Gasteiger partial charge on any atom is -0.00206 e. The molecule has 408 valence electrons. The van der Waals surface area contributed by atoms with Gasteiger partial charge >= 0.3 is 0 Å². The van der Waals surface area contributed by atoms with Gasteiger partial charge in [0.15, 0.2) is 0 Å². The van der Waals surface area contributed by atoms with Gasteiger partial charge in [0.2, 0.25) is 0 Å². The van der Waals surface area contributed by atoms with E-state index in [1.54, 1.807) is 0 Å². The van der Waals surface area contributed by atoms with Crippen LogP contribution in [0.3, 0.4) is 0 Å². The first kappa shape index (κ1) is 51.0. The van der Waals surface area contributed by atoms with Crippen molar-refractivity contribution in [3.63, 3.8) is 0 Å². The lowest BCUT2D eigenvalue weighted by Gasteiger charge is -2.19. The molecule has 17 aromatic rings. The minimum absolute atomic E-state index is 1.17. The molecule has 0 saturated carbocycles. The molecule has 17 rings (SSSR count). The van der Waals surface area contributed by atoms with Gasteiger partial charge in [0.25, 0.3) is 0 Å². The van der Waals surface area contributed by atoms with E-state index >= 15 is 0 Å². The number of benzene rings is 17. The molecule has 0 aliphatic carbocycles. The van der Waals surface area contributed by atoms with E-state index < -0.39 is 0 Å². The third kappa shape index (κ3) is 9.01. The van der Waals surface area contributed by atoms with Gasteiger partial charge in [-0.2, -0.15) is 0 Å². The molecule has 0 heteroatoms. The quantitative estimate of drug-likeness (QED) is 0.126. The summed E-state index contributed by atoms with van der Waals surface area (Å²) < 4.78 is 0. The molecule has 0 fully saturated rings. The van der Waals surface area contributed by atoms with E-state index in [-0.39, 0.29) is 0 Å². The predicted octanol–water partition coefficient (Wildman–Crippen LogP) is 24.8. The van der Waals surface area contributed by atoms with Crippen LogP contribution in [-0.2, 0) is 0 Å². The monoisotopic (exact) mass is 1110 g/mol. The molecular formula is C88H56. The molecular weight excluding hydrogens is 1060 g/mol. The third-order valence-electron chi connectivity index (χ3n) is 18.4. The summed E-state index contributed by atoms with van der Waals surface area (Å²) in [5.74, 6) is 0. The van der Waals surface area contributed by atoms with Gasteiger partial charge in [-0.05, 0) is 236 Å². The van der Waals surface area contributed by atoms with E-state index in [0.29, 0.717) is 0 Å². The predicted molar refractivity (Wildman–Crippen MR) is 378 cm³/mol. The van der Waals surface area contributed by atoms with Crippen molar-refractivity contribution in [2.45, 2.75) is 0 Å². The SMILES string of the molecule is c1ccc(-c2ccc(-c3ccc4c(c3)cc(-c3cc(-c5cc6cc(-c7cccc(-c8ccccc8)c7)ccc6c6ccccc56)cc(-c5cc6cc(-c7ccc(-c8ccccc8)cc7)ccc6c6c5ccc5ccccc56)c3)c3ccccc34)cc2)cc1. The largest absolute Gasteiger partial charge is 0.0622 e. The summed E-state index contributed by atoms with van der Waals surface area (Å²) in [6.45, 7) is 0. The van der Waals surface area contributed by atoms with Gasteiger partial charge in [-0.3, -0.25) is 0 Å². The van der Waals surface area contributed by atoms with Crippen LogP contribution in [0.25, 0.3) is 176 Å². The fourth-order valence-electron chi connectivity index (χ4n) is 14.0. The highest BCUT2D eigenvalue weighted by molar-refractivity contribution is 6.25. The maximum atomic E-state index is 2.48. The molecule has 0 aliphatic heterocycles. The Bertz CT molecular complexity index is 5560. The van der Waals surface area contributed by atoms with Crippen molar-refractivity contribution in [1.29, 1.82) is 0 Å². The average molecular weight is 1110 g/mol. The molecule has 17 aromatic carbocycles. The van der Waals surface area contributed by atoms with Crippen molar-refractivity contribution in [2.75, 3.05) is 0 Å². The van der Waals surface area contributed by atoms with E-state index in [1.807, 2.05) is 0 Å². The Kier molecular flexibility index (Phi) is 12.3. The fraction of sp³-hybridized carbons (Fsp3) is 0. The smallest absolute Gasteiger partial charge is 0.00206 e. The van der Waals surface area contributed by atoms with Crippen LogP contribution >= 0.6 is 0 Å². The molecule has 0 bridgehead atoms. The Balaban J connectivity index is 0.903. The van der Waals surface area contributed by atoms with Crippen molar-refractivity contribution < 1.29 is 0 Å². The summed E-state index contributed by atoms with van der Waals surface area (Å²) in [6.07, 6.45) is 0. The van der Waals surface area contributed by atoms with Gasteiger partial charge in [-0.1, -0.05) is 279 Å². The normalized spacial score (nSPS) is 11.6. The highest BCUT2D eigenvalue weighted by Crippen LogP contribution is 2.47. The second kappa shape index (κ2) is 21.3. The fourth-order valence-corrected chi connectivity index (χ4v) is 14.0. The highest BCUT2D eigenvalue weighted by atomic mass is 14.2. The first-order valence-corrected chi connectivity index (χ1v) is 30.5. The molecule has 0 amide bonds. The van der Waals surface area contributed by atoms with Crippen molar-refractivity contribution >= 4 is 75.4 Å². The lowest BCUT2D eigenvalue weighted by atomic mass is 9.85. The minimum atomic E-state index is 1.17. The average Bonchev–Trinajstić information content (AvgIpc) is 1.01. The number of hydrogen-bond acceptors (Lipinski definition) is 0. The number of hydrogen-bond donors (Lipinski definition) is 0. The Hall–Kier alpha value is -11.4.